The van der Waals surface area contributed by atoms with Gasteiger partial charge in [0.15, 0.2) is 5.96 Å². The van der Waals surface area contributed by atoms with Crippen LogP contribution in [-0.2, 0) is 11.3 Å². The van der Waals surface area contributed by atoms with E-state index in [0.29, 0.717) is 25.7 Å². The molecule has 0 saturated heterocycles. The van der Waals surface area contributed by atoms with Gasteiger partial charge in [-0.2, -0.15) is 0 Å². The van der Waals surface area contributed by atoms with Crippen LogP contribution in [-0.4, -0.2) is 50.6 Å². The minimum Gasteiger partial charge on any atom is -0.493 e. The van der Waals surface area contributed by atoms with E-state index in [2.05, 4.69) is 42.7 Å². The molecule has 3 N–H and O–H groups in total. The molecular weight excluding hydrogens is 469 g/mol. The van der Waals surface area contributed by atoms with Crippen molar-refractivity contribution in [2.45, 2.75) is 52.2 Å². The van der Waals surface area contributed by atoms with Crippen molar-refractivity contribution in [1.82, 2.24) is 10.6 Å². The van der Waals surface area contributed by atoms with Gasteiger partial charge in [0, 0.05) is 44.7 Å². The molecule has 0 aromatic heterocycles. The molecule has 2 atom stereocenters. The van der Waals surface area contributed by atoms with Crippen LogP contribution in [0.4, 0.5) is 0 Å². The third kappa shape index (κ3) is 8.53. The topological polar surface area (TPSA) is 75.1 Å². The lowest BCUT2D eigenvalue weighted by molar-refractivity contribution is 0.134. The van der Waals surface area contributed by atoms with Crippen molar-refractivity contribution in [1.29, 1.82) is 0 Å². The first-order chi connectivity index (χ1) is 13.1. The number of aliphatic imine (C=N–C) groups is 1. The number of hydrogen-bond donors (Lipinski definition) is 3. The van der Waals surface area contributed by atoms with E-state index < -0.39 is 0 Å². The number of aryl methyl sites for hydroxylation is 1. The lowest BCUT2D eigenvalue weighted by Crippen LogP contribution is -2.41. The highest BCUT2D eigenvalue weighted by molar-refractivity contribution is 14.0. The molecule has 1 aliphatic rings. The van der Waals surface area contributed by atoms with Crippen molar-refractivity contribution in [3.63, 3.8) is 0 Å². The van der Waals surface area contributed by atoms with Gasteiger partial charge in [-0.1, -0.05) is 18.6 Å². The van der Waals surface area contributed by atoms with E-state index in [9.17, 15) is 5.11 Å². The molecule has 0 aliphatic heterocycles. The number of hydrogen-bond acceptors (Lipinski definition) is 4. The Bertz CT molecular complexity index is 598. The van der Waals surface area contributed by atoms with Crippen molar-refractivity contribution in [2.75, 3.05) is 33.4 Å². The summed E-state index contributed by atoms with van der Waals surface area (Å²) in [6.07, 6.45) is 3.76. The Morgan fingerprint density at radius 1 is 1.25 bits per heavy atom. The van der Waals surface area contributed by atoms with Crippen LogP contribution in [0.5, 0.6) is 5.75 Å². The molecular formula is C21H36IN3O3. The first-order valence-corrected chi connectivity index (χ1v) is 10.1. The molecule has 1 fully saturated rings. The monoisotopic (exact) mass is 505 g/mol. The summed E-state index contributed by atoms with van der Waals surface area (Å²) in [5.41, 5.74) is 2.24. The van der Waals surface area contributed by atoms with Crippen LogP contribution in [0.1, 0.15) is 43.7 Å². The molecule has 0 spiro atoms. The Labute approximate surface area is 186 Å². The number of ether oxygens (including phenoxy) is 2. The predicted molar refractivity (Wildman–Crippen MR) is 125 cm³/mol. The summed E-state index contributed by atoms with van der Waals surface area (Å²) in [5.74, 6) is 1.98. The number of halogens is 1. The van der Waals surface area contributed by atoms with E-state index in [4.69, 9.17) is 14.5 Å². The quantitative estimate of drug-likeness (QED) is 0.197. The van der Waals surface area contributed by atoms with E-state index in [1.807, 2.05) is 0 Å². The summed E-state index contributed by atoms with van der Waals surface area (Å²) in [7, 11) is 1.70. The molecule has 2 rings (SSSR count). The van der Waals surface area contributed by atoms with Crippen LogP contribution >= 0.6 is 24.0 Å². The van der Waals surface area contributed by atoms with Gasteiger partial charge >= 0.3 is 0 Å². The van der Waals surface area contributed by atoms with Crippen LogP contribution in [0.2, 0.25) is 0 Å². The molecule has 2 unspecified atom stereocenters. The van der Waals surface area contributed by atoms with Crippen molar-refractivity contribution < 1.29 is 14.6 Å². The third-order valence-corrected chi connectivity index (χ3v) is 4.88. The highest BCUT2D eigenvalue weighted by atomic mass is 127. The van der Waals surface area contributed by atoms with Gasteiger partial charge in [-0.3, -0.25) is 0 Å². The Hall–Kier alpha value is -1.06. The summed E-state index contributed by atoms with van der Waals surface area (Å²) >= 11 is 0. The molecule has 28 heavy (non-hydrogen) atoms. The van der Waals surface area contributed by atoms with Gasteiger partial charge in [0.25, 0.3) is 0 Å². The van der Waals surface area contributed by atoms with Crippen LogP contribution in [0.3, 0.4) is 0 Å². The fourth-order valence-corrected chi connectivity index (χ4v) is 3.30. The van der Waals surface area contributed by atoms with E-state index >= 15 is 0 Å². The molecule has 1 aromatic carbocycles. The SMILES string of the molecule is CCNC(=NCc1ccc(C)cc1OCCCOC)NCC1CCCC1O.I. The number of rotatable bonds is 10. The van der Waals surface area contributed by atoms with Gasteiger partial charge in [-0.05, 0) is 38.3 Å². The Balaban J connectivity index is 0.00000392. The molecule has 1 aliphatic carbocycles. The smallest absolute Gasteiger partial charge is 0.191 e. The summed E-state index contributed by atoms with van der Waals surface area (Å²) < 4.78 is 11.0. The highest BCUT2D eigenvalue weighted by Crippen LogP contribution is 2.24. The van der Waals surface area contributed by atoms with Crippen LogP contribution in [0.25, 0.3) is 0 Å². The normalized spacial score (nSPS) is 19.2. The highest BCUT2D eigenvalue weighted by Gasteiger charge is 2.24. The van der Waals surface area contributed by atoms with Gasteiger partial charge in [0.05, 0.1) is 19.3 Å². The fourth-order valence-electron chi connectivity index (χ4n) is 3.30. The van der Waals surface area contributed by atoms with Gasteiger partial charge in [-0.25, -0.2) is 4.99 Å². The van der Waals surface area contributed by atoms with Gasteiger partial charge in [-0.15, -0.1) is 24.0 Å². The number of methoxy groups -OCH3 is 1. The maximum Gasteiger partial charge on any atom is 0.191 e. The van der Waals surface area contributed by atoms with Crippen LogP contribution in [0.15, 0.2) is 23.2 Å². The average molecular weight is 505 g/mol. The predicted octanol–water partition coefficient (Wildman–Crippen LogP) is 3.24. The Morgan fingerprint density at radius 2 is 2.07 bits per heavy atom. The summed E-state index contributed by atoms with van der Waals surface area (Å²) in [6, 6.07) is 6.23. The van der Waals surface area contributed by atoms with Crippen LogP contribution in [0, 0.1) is 12.8 Å². The van der Waals surface area contributed by atoms with Crippen molar-refractivity contribution in [2.24, 2.45) is 10.9 Å². The van der Waals surface area contributed by atoms with Gasteiger partial charge in [0.2, 0.25) is 0 Å². The van der Waals surface area contributed by atoms with E-state index in [0.717, 1.165) is 56.0 Å². The summed E-state index contributed by atoms with van der Waals surface area (Å²) in [5, 5.41) is 16.7. The van der Waals surface area contributed by atoms with Crippen molar-refractivity contribution in [3.8, 4) is 5.75 Å². The summed E-state index contributed by atoms with van der Waals surface area (Å²) in [6.45, 7) is 7.54. The van der Waals surface area contributed by atoms with E-state index in [1.165, 1.54) is 5.56 Å². The molecule has 0 radical (unpaired) electrons. The van der Waals surface area contributed by atoms with Crippen molar-refractivity contribution >= 4 is 29.9 Å². The number of nitrogens with zero attached hydrogens (tertiary/aromatic N) is 1. The molecule has 0 amide bonds. The number of benzene rings is 1. The standard InChI is InChI=1S/C21H35N3O3.HI/c1-4-22-21(23-14-17-7-5-8-19(17)25)24-15-18-10-9-16(2)13-20(18)27-12-6-11-26-3;/h9-10,13,17,19,25H,4-8,11-12,14-15H2,1-3H3,(H2,22,23,24);1H. The molecule has 1 saturated carbocycles. The molecule has 1 aromatic rings. The third-order valence-electron chi connectivity index (χ3n) is 4.88. The number of aliphatic hydroxyl groups excluding tert-OH is 1. The first kappa shape index (κ1) is 25.0. The second-order valence-corrected chi connectivity index (χ2v) is 7.14. The van der Waals surface area contributed by atoms with E-state index in [1.54, 1.807) is 7.11 Å². The van der Waals surface area contributed by atoms with Gasteiger partial charge < -0.3 is 25.2 Å². The van der Waals surface area contributed by atoms with Crippen molar-refractivity contribution in [3.05, 3.63) is 29.3 Å². The lowest BCUT2D eigenvalue weighted by Gasteiger charge is -2.18. The zero-order valence-corrected chi connectivity index (χ0v) is 19.7. The number of aliphatic hydroxyl groups is 1. The lowest BCUT2D eigenvalue weighted by atomic mass is 10.1. The molecule has 160 valence electrons. The maximum absolute atomic E-state index is 10.00. The maximum atomic E-state index is 10.00. The Kier molecular flexibility index (Phi) is 12.5. The minimum absolute atomic E-state index is 0. The zero-order valence-electron chi connectivity index (χ0n) is 17.4. The molecule has 0 bridgehead atoms. The number of nitrogens with one attached hydrogen (secondary N) is 2. The van der Waals surface area contributed by atoms with E-state index in [-0.39, 0.29) is 30.1 Å². The average Bonchev–Trinajstić information content (AvgIpc) is 3.07. The second-order valence-electron chi connectivity index (χ2n) is 7.14. The van der Waals surface area contributed by atoms with Crippen LogP contribution < -0.4 is 15.4 Å². The molecule has 0 heterocycles. The zero-order chi connectivity index (χ0) is 19.5. The Morgan fingerprint density at radius 3 is 2.75 bits per heavy atom. The largest absolute Gasteiger partial charge is 0.493 e. The second kappa shape index (κ2) is 14.0. The first-order valence-electron chi connectivity index (χ1n) is 10.1. The van der Waals surface area contributed by atoms with Gasteiger partial charge in [0.1, 0.15) is 5.75 Å². The minimum atomic E-state index is -0.190. The molecule has 7 heteroatoms. The summed E-state index contributed by atoms with van der Waals surface area (Å²) in [4.78, 5) is 4.71. The number of guanidine groups is 1. The fraction of sp³-hybridized carbons (Fsp3) is 0.667. The molecule has 6 nitrogen and oxygen atoms in total.